The van der Waals surface area contributed by atoms with E-state index in [1.807, 2.05) is 26.8 Å². The molecule has 0 saturated carbocycles. The van der Waals surface area contributed by atoms with E-state index < -0.39 is 5.41 Å². The maximum atomic E-state index is 11.9. The third-order valence-corrected chi connectivity index (χ3v) is 3.25. The van der Waals surface area contributed by atoms with Gasteiger partial charge in [-0.05, 0) is 26.8 Å². The Labute approximate surface area is 125 Å². The van der Waals surface area contributed by atoms with Crippen molar-refractivity contribution in [2.24, 2.45) is 5.41 Å². The third kappa shape index (κ3) is 4.04. The highest BCUT2D eigenvalue weighted by Crippen LogP contribution is 2.18. The number of rotatable bonds is 3. The van der Waals surface area contributed by atoms with Crippen LogP contribution in [0.15, 0.2) is 12.3 Å². The summed E-state index contributed by atoms with van der Waals surface area (Å²) in [5, 5.41) is 4.66. The minimum atomic E-state index is -0.481. The van der Waals surface area contributed by atoms with E-state index in [4.69, 9.17) is 4.84 Å². The van der Waals surface area contributed by atoms with Gasteiger partial charge in [-0.2, -0.15) is 4.98 Å². The summed E-state index contributed by atoms with van der Waals surface area (Å²) < 4.78 is 0. The van der Waals surface area contributed by atoms with Gasteiger partial charge in [-0.15, -0.1) is 5.06 Å². The first-order valence-corrected chi connectivity index (χ1v) is 7.13. The largest absolute Gasteiger partial charge is 0.367 e. The molecular formula is C14H23N5O2. The number of anilines is 2. The van der Waals surface area contributed by atoms with Crippen molar-refractivity contribution in [3.63, 3.8) is 0 Å². The molecule has 2 heterocycles. The van der Waals surface area contributed by atoms with Gasteiger partial charge in [0.15, 0.2) is 0 Å². The van der Waals surface area contributed by atoms with E-state index >= 15 is 0 Å². The Morgan fingerprint density at radius 3 is 2.52 bits per heavy atom. The van der Waals surface area contributed by atoms with E-state index in [1.54, 1.807) is 18.3 Å². The van der Waals surface area contributed by atoms with Crippen molar-refractivity contribution in [3.05, 3.63) is 12.3 Å². The van der Waals surface area contributed by atoms with Gasteiger partial charge in [-0.25, -0.2) is 9.78 Å². The number of carbonyl (C=O) groups excluding carboxylic acids is 1. The predicted octanol–water partition coefficient (Wildman–Crippen LogP) is 1.14. The first kappa shape index (κ1) is 15.5. The molecule has 0 atom stereocenters. The molecule has 7 nitrogen and oxygen atoms in total. The van der Waals surface area contributed by atoms with Crippen LogP contribution in [0, 0.1) is 5.41 Å². The van der Waals surface area contributed by atoms with Crippen LogP contribution >= 0.6 is 0 Å². The molecule has 7 heteroatoms. The summed E-state index contributed by atoms with van der Waals surface area (Å²) >= 11 is 0. The third-order valence-electron chi connectivity index (χ3n) is 3.25. The van der Waals surface area contributed by atoms with Gasteiger partial charge in [0, 0.05) is 26.3 Å². The Hall–Kier alpha value is -1.89. The van der Waals surface area contributed by atoms with Gasteiger partial charge in [0.25, 0.3) is 0 Å². The number of nitrogens with one attached hydrogen (secondary N) is 1. The minimum Gasteiger partial charge on any atom is -0.367 e. The van der Waals surface area contributed by atoms with Crippen LogP contribution < -0.4 is 10.2 Å². The lowest BCUT2D eigenvalue weighted by Crippen LogP contribution is -2.48. The first-order valence-electron chi connectivity index (χ1n) is 7.13. The van der Waals surface area contributed by atoms with Crippen LogP contribution in [0.2, 0.25) is 0 Å². The minimum absolute atomic E-state index is 0.199. The van der Waals surface area contributed by atoms with Gasteiger partial charge in [-0.1, -0.05) is 0 Å². The van der Waals surface area contributed by atoms with Crippen LogP contribution in [-0.2, 0) is 9.63 Å². The average Bonchev–Trinajstić information content (AvgIpc) is 2.47. The molecule has 21 heavy (non-hydrogen) atoms. The van der Waals surface area contributed by atoms with Gasteiger partial charge in [0.2, 0.25) is 5.95 Å². The molecule has 1 aliphatic heterocycles. The SMILES string of the molecule is CNc1nccc(N2CCN(OC(=O)C(C)(C)C)CC2)n1. The smallest absolute Gasteiger partial charge is 0.330 e. The van der Waals surface area contributed by atoms with Crippen LogP contribution in [0.4, 0.5) is 11.8 Å². The second-order valence-electron chi connectivity index (χ2n) is 6.03. The zero-order chi connectivity index (χ0) is 15.5. The molecule has 0 unspecified atom stereocenters. The molecule has 1 aromatic heterocycles. The number of carbonyl (C=O) groups is 1. The van der Waals surface area contributed by atoms with Crippen molar-refractivity contribution >= 4 is 17.7 Å². The summed E-state index contributed by atoms with van der Waals surface area (Å²) in [6, 6.07) is 1.89. The molecule has 1 aromatic rings. The van der Waals surface area contributed by atoms with Crippen molar-refractivity contribution in [2.75, 3.05) is 43.4 Å². The summed E-state index contributed by atoms with van der Waals surface area (Å²) in [6.45, 7) is 8.42. The van der Waals surface area contributed by atoms with E-state index in [9.17, 15) is 4.79 Å². The number of piperazine rings is 1. The quantitative estimate of drug-likeness (QED) is 0.896. The van der Waals surface area contributed by atoms with E-state index in [-0.39, 0.29) is 5.97 Å². The number of hydrogen-bond acceptors (Lipinski definition) is 7. The van der Waals surface area contributed by atoms with E-state index in [0.29, 0.717) is 19.0 Å². The van der Waals surface area contributed by atoms with Crippen LogP contribution in [0.3, 0.4) is 0 Å². The van der Waals surface area contributed by atoms with Gasteiger partial charge in [0.05, 0.1) is 18.5 Å². The lowest BCUT2D eigenvalue weighted by Gasteiger charge is -2.35. The number of hydrogen-bond donors (Lipinski definition) is 1. The highest BCUT2D eigenvalue weighted by atomic mass is 16.7. The van der Waals surface area contributed by atoms with Gasteiger partial charge in [-0.3, -0.25) is 0 Å². The number of nitrogens with zero attached hydrogens (tertiary/aromatic N) is 4. The molecule has 0 radical (unpaired) electrons. The Balaban J connectivity index is 1.89. The molecule has 1 saturated heterocycles. The molecule has 1 fully saturated rings. The molecule has 0 amide bonds. The lowest BCUT2D eigenvalue weighted by molar-refractivity contribution is -0.201. The van der Waals surface area contributed by atoms with E-state index in [0.717, 1.165) is 18.9 Å². The fourth-order valence-corrected chi connectivity index (χ4v) is 1.91. The maximum Gasteiger partial charge on any atom is 0.330 e. The van der Waals surface area contributed by atoms with Crippen molar-refractivity contribution < 1.29 is 9.63 Å². The number of aromatic nitrogens is 2. The molecule has 0 bridgehead atoms. The fourth-order valence-electron chi connectivity index (χ4n) is 1.91. The van der Waals surface area contributed by atoms with E-state index in [1.165, 1.54) is 0 Å². The molecule has 1 N–H and O–H groups in total. The molecule has 0 aliphatic carbocycles. The van der Waals surface area contributed by atoms with Gasteiger partial charge < -0.3 is 15.1 Å². The second-order valence-corrected chi connectivity index (χ2v) is 6.03. The zero-order valence-corrected chi connectivity index (χ0v) is 13.1. The standard InChI is InChI=1S/C14H23N5O2/c1-14(2,3)12(20)21-19-9-7-18(8-10-19)11-5-6-16-13(15-4)17-11/h5-6H,7-10H2,1-4H3,(H,15,16,17). The van der Waals surface area contributed by atoms with Crippen LogP contribution in [0.25, 0.3) is 0 Å². The summed E-state index contributed by atoms with van der Waals surface area (Å²) in [4.78, 5) is 27.9. The zero-order valence-electron chi connectivity index (χ0n) is 13.1. The fraction of sp³-hybridized carbons (Fsp3) is 0.643. The van der Waals surface area contributed by atoms with Crippen molar-refractivity contribution in [1.82, 2.24) is 15.0 Å². The predicted molar refractivity (Wildman–Crippen MR) is 80.9 cm³/mol. The molecular weight excluding hydrogens is 270 g/mol. The topological polar surface area (TPSA) is 70.6 Å². The highest BCUT2D eigenvalue weighted by molar-refractivity contribution is 5.75. The second kappa shape index (κ2) is 6.26. The van der Waals surface area contributed by atoms with Gasteiger partial charge in [0.1, 0.15) is 5.82 Å². The highest BCUT2D eigenvalue weighted by Gasteiger charge is 2.28. The molecule has 2 rings (SSSR count). The Morgan fingerprint density at radius 1 is 1.29 bits per heavy atom. The van der Waals surface area contributed by atoms with Crippen molar-refractivity contribution in [2.45, 2.75) is 20.8 Å². The van der Waals surface area contributed by atoms with Crippen molar-refractivity contribution in [1.29, 1.82) is 0 Å². The summed E-state index contributed by atoms with van der Waals surface area (Å²) in [5.41, 5.74) is -0.481. The maximum absolute atomic E-state index is 11.9. The van der Waals surface area contributed by atoms with Crippen LogP contribution in [-0.4, -0.2) is 54.2 Å². The Kier molecular flexibility index (Phi) is 4.62. The average molecular weight is 293 g/mol. The summed E-state index contributed by atoms with van der Waals surface area (Å²) in [5.74, 6) is 1.29. The van der Waals surface area contributed by atoms with Crippen molar-refractivity contribution in [3.8, 4) is 0 Å². The van der Waals surface area contributed by atoms with Crippen LogP contribution in [0.1, 0.15) is 20.8 Å². The molecule has 1 aliphatic rings. The summed E-state index contributed by atoms with van der Waals surface area (Å²) in [6.07, 6.45) is 1.74. The first-order chi connectivity index (χ1) is 9.90. The van der Waals surface area contributed by atoms with Gasteiger partial charge >= 0.3 is 5.97 Å². The molecule has 116 valence electrons. The monoisotopic (exact) mass is 293 g/mol. The number of hydroxylamine groups is 2. The summed E-state index contributed by atoms with van der Waals surface area (Å²) in [7, 11) is 1.79. The van der Waals surface area contributed by atoms with Crippen LogP contribution in [0.5, 0.6) is 0 Å². The Bertz CT molecular complexity index is 492. The van der Waals surface area contributed by atoms with E-state index in [2.05, 4.69) is 20.2 Å². The lowest BCUT2D eigenvalue weighted by atomic mass is 9.98. The molecule has 0 aromatic carbocycles. The Morgan fingerprint density at radius 2 is 1.95 bits per heavy atom. The molecule has 0 spiro atoms. The normalized spacial score (nSPS) is 16.7.